The summed E-state index contributed by atoms with van der Waals surface area (Å²) in [5, 5.41) is 41.4. The van der Waals surface area contributed by atoms with Gasteiger partial charge in [0.1, 0.15) is 22.5 Å². The molecule has 0 saturated heterocycles. The molecule has 0 spiro atoms. The number of phenols is 4. The largest absolute Gasteiger partial charge is 0.507 e. The minimum atomic E-state index is -0.622. The van der Waals surface area contributed by atoms with Crippen molar-refractivity contribution in [2.24, 2.45) is 0 Å². The van der Waals surface area contributed by atoms with Crippen LogP contribution in [0.1, 0.15) is 38.8 Å². The van der Waals surface area contributed by atoms with Crippen LogP contribution in [0, 0.1) is 0 Å². The van der Waals surface area contributed by atoms with Crippen molar-refractivity contribution in [3.05, 3.63) is 62.8 Å². The molecule has 1 aromatic heterocycles. The van der Waals surface area contributed by atoms with Crippen LogP contribution in [-0.2, 0) is 12.8 Å². The molecule has 0 unspecified atom stereocenters. The Morgan fingerprint density at radius 1 is 0.909 bits per heavy atom. The molecule has 2 aromatic carbocycles. The van der Waals surface area contributed by atoms with Crippen molar-refractivity contribution in [2.75, 3.05) is 7.11 Å². The van der Waals surface area contributed by atoms with Crippen LogP contribution in [0.3, 0.4) is 0 Å². The van der Waals surface area contributed by atoms with E-state index >= 15 is 0 Å². The third-order valence-corrected chi connectivity index (χ3v) is 5.26. The van der Waals surface area contributed by atoms with Gasteiger partial charge in [0.15, 0.2) is 17.3 Å². The van der Waals surface area contributed by atoms with Gasteiger partial charge < -0.3 is 29.6 Å². The van der Waals surface area contributed by atoms with Gasteiger partial charge >= 0.3 is 0 Å². The van der Waals surface area contributed by atoms with E-state index in [-0.39, 0.29) is 46.1 Å². The highest BCUT2D eigenvalue weighted by atomic mass is 16.5. The first-order chi connectivity index (χ1) is 15.5. The first kappa shape index (κ1) is 23.8. The number of rotatable bonds is 6. The highest BCUT2D eigenvalue weighted by Gasteiger charge is 2.24. The van der Waals surface area contributed by atoms with Crippen LogP contribution >= 0.6 is 0 Å². The number of ether oxygens (including phenoxy) is 1. The van der Waals surface area contributed by atoms with E-state index in [0.717, 1.165) is 17.2 Å². The average Bonchev–Trinajstić information content (AvgIpc) is 2.73. The standard InChI is InChI=1S/C26H28O7/c1-13(2)6-8-15-10-16(11-20(29)22(15)30)24-26(32-5)23(31)21-19(28)12-18(27)17(25(21)33-24)9-7-14(3)4/h6-7,10-12,27-30H,8-9H2,1-5H3. The van der Waals surface area contributed by atoms with Crippen molar-refractivity contribution in [3.8, 4) is 40.1 Å². The minimum Gasteiger partial charge on any atom is -0.507 e. The van der Waals surface area contributed by atoms with E-state index in [9.17, 15) is 25.2 Å². The lowest BCUT2D eigenvalue weighted by Gasteiger charge is -2.14. The predicted octanol–water partition coefficient (Wildman–Crippen LogP) is 5.31. The number of fused-ring (bicyclic) bond motifs is 1. The average molecular weight is 453 g/mol. The second-order valence-corrected chi connectivity index (χ2v) is 8.37. The summed E-state index contributed by atoms with van der Waals surface area (Å²) in [5.74, 6) is -1.45. The maximum Gasteiger partial charge on any atom is 0.239 e. The summed E-state index contributed by atoms with van der Waals surface area (Å²) in [4.78, 5) is 13.3. The summed E-state index contributed by atoms with van der Waals surface area (Å²) in [5.41, 5.74) is 2.49. The summed E-state index contributed by atoms with van der Waals surface area (Å²) in [6.07, 6.45) is 4.37. The third kappa shape index (κ3) is 4.67. The van der Waals surface area contributed by atoms with Gasteiger partial charge in [0.2, 0.25) is 11.2 Å². The summed E-state index contributed by atoms with van der Waals surface area (Å²) in [6.45, 7) is 7.63. The van der Waals surface area contributed by atoms with Crippen molar-refractivity contribution in [3.63, 3.8) is 0 Å². The molecule has 3 rings (SSSR count). The van der Waals surface area contributed by atoms with Gasteiger partial charge in [-0.1, -0.05) is 23.3 Å². The lowest BCUT2D eigenvalue weighted by molar-refractivity contribution is 0.394. The molecule has 7 heteroatoms. The molecule has 3 aromatic rings. The quantitative estimate of drug-likeness (QED) is 0.295. The van der Waals surface area contributed by atoms with Gasteiger partial charge in [0, 0.05) is 22.8 Å². The SMILES string of the molecule is COc1c(-c2cc(O)c(O)c(CC=C(C)C)c2)oc2c(CC=C(C)C)c(O)cc(O)c2c1=O. The number of hydrogen-bond acceptors (Lipinski definition) is 7. The zero-order valence-corrected chi connectivity index (χ0v) is 19.3. The molecule has 1 heterocycles. The Balaban J connectivity index is 2.38. The molecular weight excluding hydrogens is 424 g/mol. The van der Waals surface area contributed by atoms with Crippen molar-refractivity contribution in [1.82, 2.24) is 0 Å². The topological polar surface area (TPSA) is 120 Å². The van der Waals surface area contributed by atoms with Crippen molar-refractivity contribution in [2.45, 2.75) is 40.5 Å². The zero-order chi connectivity index (χ0) is 24.4. The van der Waals surface area contributed by atoms with Crippen molar-refractivity contribution >= 4 is 11.0 Å². The highest BCUT2D eigenvalue weighted by molar-refractivity contribution is 5.91. The van der Waals surface area contributed by atoms with Crippen LogP contribution in [0.15, 0.2) is 50.7 Å². The Morgan fingerprint density at radius 3 is 2.15 bits per heavy atom. The smallest absolute Gasteiger partial charge is 0.239 e. The molecule has 0 aliphatic rings. The van der Waals surface area contributed by atoms with E-state index in [1.165, 1.54) is 13.2 Å². The van der Waals surface area contributed by atoms with Gasteiger partial charge in [-0.25, -0.2) is 0 Å². The molecule has 4 N–H and O–H groups in total. The van der Waals surface area contributed by atoms with E-state index in [4.69, 9.17) is 9.15 Å². The van der Waals surface area contributed by atoms with Crippen LogP contribution in [0.4, 0.5) is 0 Å². The molecule has 0 aliphatic carbocycles. The first-order valence-corrected chi connectivity index (χ1v) is 10.5. The van der Waals surface area contributed by atoms with Crippen molar-refractivity contribution in [1.29, 1.82) is 0 Å². The number of benzene rings is 2. The molecule has 0 aliphatic heterocycles. The van der Waals surface area contributed by atoms with Gasteiger partial charge in [-0.3, -0.25) is 4.79 Å². The third-order valence-electron chi connectivity index (χ3n) is 5.26. The Hall–Kier alpha value is -3.87. The first-order valence-electron chi connectivity index (χ1n) is 10.5. The summed E-state index contributed by atoms with van der Waals surface area (Å²) < 4.78 is 11.4. The zero-order valence-electron chi connectivity index (χ0n) is 19.3. The molecule has 174 valence electrons. The van der Waals surface area contributed by atoms with Gasteiger partial charge in [-0.15, -0.1) is 0 Å². The van der Waals surface area contributed by atoms with Crippen LogP contribution in [-0.4, -0.2) is 27.5 Å². The van der Waals surface area contributed by atoms with Crippen LogP contribution in [0.2, 0.25) is 0 Å². The molecule has 0 radical (unpaired) electrons. The Bertz CT molecular complexity index is 1340. The number of hydrogen-bond donors (Lipinski definition) is 4. The fraction of sp³-hybridized carbons (Fsp3) is 0.269. The summed E-state index contributed by atoms with van der Waals surface area (Å²) in [7, 11) is 1.30. The van der Waals surface area contributed by atoms with E-state index in [1.54, 1.807) is 6.07 Å². The van der Waals surface area contributed by atoms with Crippen molar-refractivity contribution < 1.29 is 29.6 Å². The molecule has 0 saturated carbocycles. The Labute approximate surface area is 191 Å². The maximum atomic E-state index is 13.3. The molecular formula is C26H28O7. The Kier molecular flexibility index (Phi) is 6.72. The second-order valence-electron chi connectivity index (χ2n) is 8.37. The second kappa shape index (κ2) is 9.32. The van der Waals surface area contributed by atoms with Gasteiger partial charge in [0.25, 0.3) is 0 Å². The molecule has 7 nitrogen and oxygen atoms in total. The lowest BCUT2D eigenvalue weighted by Crippen LogP contribution is -2.09. The normalized spacial score (nSPS) is 10.8. The number of aromatic hydroxyl groups is 4. The molecule has 33 heavy (non-hydrogen) atoms. The number of methoxy groups -OCH3 is 1. The maximum absolute atomic E-state index is 13.3. The van der Waals surface area contributed by atoms with Crippen LogP contribution in [0.5, 0.6) is 28.7 Å². The Morgan fingerprint density at radius 2 is 1.55 bits per heavy atom. The van der Waals surface area contributed by atoms with Crippen LogP contribution in [0.25, 0.3) is 22.3 Å². The van der Waals surface area contributed by atoms with Gasteiger partial charge in [-0.2, -0.15) is 0 Å². The fourth-order valence-corrected chi connectivity index (χ4v) is 3.53. The lowest BCUT2D eigenvalue weighted by atomic mass is 10.0. The monoisotopic (exact) mass is 452 g/mol. The van der Waals surface area contributed by atoms with E-state index in [0.29, 0.717) is 23.1 Å². The molecule has 0 fully saturated rings. The van der Waals surface area contributed by atoms with Crippen LogP contribution < -0.4 is 10.2 Å². The van der Waals surface area contributed by atoms with E-state index < -0.39 is 11.2 Å². The minimum absolute atomic E-state index is 0.00667. The number of allylic oxidation sites excluding steroid dienone is 4. The summed E-state index contributed by atoms with van der Waals surface area (Å²) in [6, 6.07) is 3.97. The molecule has 0 amide bonds. The van der Waals surface area contributed by atoms with Gasteiger partial charge in [0.05, 0.1) is 7.11 Å². The molecule has 0 atom stereocenters. The molecule has 0 bridgehead atoms. The fourth-order valence-electron chi connectivity index (χ4n) is 3.53. The van der Waals surface area contributed by atoms with Gasteiger partial charge in [-0.05, 0) is 52.7 Å². The predicted molar refractivity (Wildman–Crippen MR) is 127 cm³/mol. The van der Waals surface area contributed by atoms with E-state index in [2.05, 4.69) is 0 Å². The highest BCUT2D eigenvalue weighted by Crippen LogP contribution is 2.42. The number of phenolic OH excluding ortho intramolecular Hbond substituents is 4. The summed E-state index contributed by atoms with van der Waals surface area (Å²) >= 11 is 0. The van der Waals surface area contributed by atoms with E-state index in [1.807, 2.05) is 39.8 Å².